The molecule has 0 saturated heterocycles. The molecule has 0 bridgehead atoms. The SMILES string of the molecule is CCCn1nccc1NC(=O)CN1CCc2ncnc(OC)c2C1. The lowest BCUT2D eigenvalue weighted by atomic mass is 10.1. The number of nitrogens with one attached hydrogen (secondary N) is 1. The Labute approximate surface area is 140 Å². The maximum absolute atomic E-state index is 12.3. The van der Waals surface area contributed by atoms with E-state index in [9.17, 15) is 4.79 Å². The van der Waals surface area contributed by atoms with Gasteiger partial charge in [-0.3, -0.25) is 9.69 Å². The van der Waals surface area contributed by atoms with Crippen molar-refractivity contribution in [2.45, 2.75) is 32.9 Å². The molecule has 0 aromatic carbocycles. The molecule has 2 aromatic heterocycles. The summed E-state index contributed by atoms with van der Waals surface area (Å²) in [6.45, 7) is 4.58. The molecule has 0 atom stereocenters. The van der Waals surface area contributed by atoms with E-state index in [1.807, 2.05) is 6.07 Å². The number of aryl methyl sites for hydroxylation is 1. The molecule has 3 rings (SSSR count). The number of nitrogens with zero attached hydrogens (tertiary/aromatic N) is 5. The standard InChI is InChI=1S/C16H22N6O2/c1-3-7-22-14(4-6-19-22)20-15(23)10-21-8-5-13-12(9-21)16(24-2)18-11-17-13/h4,6,11H,3,5,7-10H2,1-2H3,(H,20,23). The molecule has 0 spiro atoms. The van der Waals surface area contributed by atoms with E-state index >= 15 is 0 Å². The van der Waals surface area contributed by atoms with Crippen molar-refractivity contribution in [3.63, 3.8) is 0 Å². The summed E-state index contributed by atoms with van der Waals surface area (Å²) < 4.78 is 7.11. The minimum absolute atomic E-state index is 0.0490. The summed E-state index contributed by atoms with van der Waals surface area (Å²) in [5.41, 5.74) is 1.97. The van der Waals surface area contributed by atoms with Crippen LogP contribution in [-0.2, 0) is 24.3 Å². The van der Waals surface area contributed by atoms with Gasteiger partial charge in [-0.25, -0.2) is 14.6 Å². The molecule has 0 aliphatic carbocycles. The number of ether oxygens (including phenoxy) is 1. The predicted molar refractivity (Wildman–Crippen MR) is 88.7 cm³/mol. The second-order valence-corrected chi connectivity index (χ2v) is 5.76. The van der Waals surface area contributed by atoms with Crippen molar-refractivity contribution in [3.05, 3.63) is 29.8 Å². The van der Waals surface area contributed by atoms with Gasteiger partial charge < -0.3 is 10.1 Å². The molecule has 0 unspecified atom stereocenters. The number of hydrogen-bond donors (Lipinski definition) is 1. The first-order chi connectivity index (χ1) is 11.7. The zero-order valence-corrected chi connectivity index (χ0v) is 14.0. The Morgan fingerprint density at radius 2 is 2.29 bits per heavy atom. The van der Waals surface area contributed by atoms with Gasteiger partial charge in [-0.05, 0) is 6.42 Å². The second-order valence-electron chi connectivity index (χ2n) is 5.76. The van der Waals surface area contributed by atoms with Crippen LogP contribution < -0.4 is 10.1 Å². The van der Waals surface area contributed by atoms with Crippen molar-refractivity contribution in [1.82, 2.24) is 24.6 Å². The van der Waals surface area contributed by atoms with Crippen molar-refractivity contribution >= 4 is 11.7 Å². The summed E-state index contributed by atoms with van der Waals surface area (Å²) >= 11 is 0. The van der Waals surface area contributed by atoms with Gasteiger partial charge in [0, 0.05) is 37.7 Å². The van der Waals surface area contributed by atoms with E-state index in [4.69, 9.17) is 4.74 Å². The van der Waals surface area contributed by atoms with Crippen LogP contribution >= 0.6 is 0 Å². The Morgan fingerprint density at radius 1 is 1.42 bits per heavy atom. The third kappa shape index (κ3) is 3.53. The molecule has 8 heteroatoms. The lowest BCUT2D eigenvalue weighted by molar-refractivity contribution is -0.117. The van der Waals surface area contributed by atoms with E-state index in [2.05, 4.69) is 32.2 Å². The van der Waals surface area contributed by atoms with Crippen LogP contribution in [0.2, 0.25) is 0 Å². The van der Waals surface area contributed by atoms with Gasteiger partial charge in [0.1, 0.15) is 12.1 Å². The van der Waals surface area contributed by atoms with Gasteiger partial charge in [-0.15, -0.1) is 0 Å². The van der Waals surface area contributed by atoms with Gasteiger partial charge in [-0.2, -0.15) is 5.10 Å². The third-order valence-electron chi connectivity index (χ3n) is 4.02. The number of carbonyl (C=O) groups is 1. The average molecular weight is 330 g/mol. The van der Waals surface area contributed by atoms with Crippen molar-refractivity contribution in [1.29, 1.82) is 0 Å². The monoisotopic (exact) mass is 330 g/mol. The maximum Gasteiger partial charge on any atom is 0.239 e. The molecule has 8 nitrogen and oxygen atoms in total. The van der Waals surface area contributed by atoms with E-state index in [-0.39, 0.29) is 5.91 Å². The quantitative estimate of drug-likeness (QED) is 0.853. The average Bonchev–Trinajstić information content (AvgIpc) is 3.01. The van der Waals surface area contributed by atoms with Crippen molar-refractivity contribution in [3.8, 4) is 5.88 Å². The molecule has 0 fully saturated rings. The van der Waals surface area contributed by atoms with Crippen molar-refractivity contribution in [2.75, 3.05) is 25.5 Å². The molecule has 1 aliphatic heterocycles. The van der Waals surface area contributed by atoms with E-state index in [1.54, 1.807) is 18.0 Å². The minimum atomic E-state index is -0.0490. The number of aromatic nitrogens is 4. The fraction of sp³-hybridized carbons (Fsp3) is 0.500. The van der Waals surface area contributed by atoms with Gasteiger partial charge in [0.2, 0.25) is 11.8 Å². The third-order valence-corrected chi connectivity index (χ3v) is 4.02. The van der Waals surface area contributed by atoms with E-state index in [0.717, 1.165) is 43.0 Å². The highest BCUT2D eigenvalue weighted by atomic mass is 16.5. The molecule has 1 amide bonds. The number of methoxy groups -OCH3 is 1. The molecule has 24 heavy (non-hydrogen) atoms. The zero-order valence-electron chi connectivity index (χ0n) is 14.0. The Morgan fingerprint density at radius 3 is 3.08 bits per heavy atom. The van der Waals surface area contributed by atoms with E-state index in [1.165, 1.54) is 6.33 Å². The highest BCUT2D eigenvalue weighted by molar-refractivity contribution is 5.91. The lowest BCUT2D eigenvalue weighted by Gasteiger charge is -2.27. The molecule has 1 N–H and O–H groups in total. The van der Waals surface area contributed by atoms with Gasteiger partial charge in [0.25, 0.3) is 0 Å². The van der Waals surface area contributed by atoms with E-state index in [0.29, 0.717) is 19.0 Å². The van der Waals surface area contributed by atoms with Crippen LogP contribution in [0.15, 0.2) is 18.6 Å². The first-order valence-corrected chi connectivity index (χ1v) is 8.12. The highest BCUT2D eigenvalue weighted by Crippen LogP contribution is 2.24. The first-order valence-electron chi connectivity index (χ1n) is 8.12. The minimum Gasteiger partial charge on any atom is -0.481 e. The predicted octanol–water partition coefficient (Wildman–Crippen LogP) is 1.09. The molecule has 1 aliphatic rings. The fourth-order valence-corrected chi connectivity index (χ4v) is 2.90. The van der Waals surface area contributed by atoms with Crippen LogP contribution in [0.1, 0.15) is 24.6 Å². The molecular formula is C16H22N6O2. The summed E-state index contributed by atoms with van der Waals surface area (Å²) in [6.07, 6.45) is 4.97. The van der Waals surface area contributed by atoms with Crippen LogP contribution in [0.4, 0.5) is 5.82 Å². The molecule has 2 aromatic rings. The number of amides is 1. The first kappa shape index (κ1) is 16.4. The molecular weight excluding hydrogens is 308 g/mol. The van der Waals surface area contributed by atoms with Crippen molar-refractivity contribution < 1.29 is 9.53 Å². The molecule has 0 radical (unpaired) electrons. The highest BCUT2D eigenvalue weighted by Gasteiger charge is 2.23. The Balaban J connectivity index is 1.62. The Bertz CT molecular complexity index is 700. The maximum atomic E-state index is 12.3. The normalized spacial score (nSPS) is 14.2. The topological polar surface area (TPSA) is 85.2 Å². The smallest absolute Gasteiger partial charge is 0.239 e. The zero-order chi connectivity index (χ0) is 16.9. The van der Waals surface area contributed by atoms with Crippen LogP contribution in [0, 0.1) is 0 Å². The Kier molecular flexibility index (Phi) is 5.05. The molecule has 3 heterocycles. The van der Waals surface area contributed by atoms with Crippen LogP contribution in [0.25, 0.3) is 0 Å². The van der Waals surface area contributed by atoms with Gasteiger partial charge >= 0.3 is 0 Å². The van der Waals surface area contributed by atoms with Crippen molar-refractivity contribution in [2.24, 2.45) is 0 Å². The van der Waals surface area contributed by atoms with Gasteiger partial charge in [0.05, 0.1) is 25.5 Å². The number of hydrogen-bond acceptors (Lipinski definition) is 6. The second kappa shape index (κ2) is 7.39. The summed E-state index contributed by atoms with van der Waals surface area (Å²) in [5, 5.41) is 7.15. The number of carbonyl (C=O) groups excluding carboxylic acids is 1. The summed E-state index contributed by atoms with van der Waals surface area (Å²) in [7, 11) is 1.60. The number of rotatable bonds is 6. The van der Waals surface area contributed by atoms with Gasteiger partial charge in [0.15, 0.2) is 0 Å². The number of anilines is 1. The fourth-order valence-electron chi connectivity index (χ4n) is 2.90. The largest absolute Gasteiger partial charge is 0.481 e. The summed E-state index contributed by atoms with van der Waals surface area (Å²) in [4.78, 5) is 22.9. The van der Waals surface area contributed by atoms with Crippen LogP contribution in [0.3, 0.4) is 0 Å². The summed E-state index contributed by atoms with van der Waals surface area (Å²) in [6, 6.07) is 1.82. The Hall–Kier alpha value is -2.48. The molecule has 128 valence electrons. The van der Waals surface area contributed by atoms with Gasteiger partial charge in [-0.1, -0.05) is 6.92 Å². The van der Waals surface area contributed by atoms with Crippen LogP contribution in [-0.4, -0.2) is 50.8 Å². The molecule has 0 saturated carbocycles. The van der Waals surface area contributed by atoms with Crippen LogP contribution in [0.5, 0.6) is 5.88 Å². The van der Waals surface area contributed by atoms with E-state index < -0.39 is 0 Å². The lowest BCUT2D eigenvalue weighted by Crippen LogP contribution is -2.38. The summed E-state index contributed by atoms with van der Waals surface area (Å²) in [5.74, 6) is 1.28. The number of fused-ring (bicyclic) bond motifs is 1.